The summed E-state index contributed by atoms with van der Waals surface area (Å²) in [6.07, 6.45) is 3.52. The van der Waals surface area contributed by atoms with Crippen molar-refractivity contribution in [2.45, 2.75) is 60.3 Å². The highest BCUT2D eigenvalue weighted by Gasteiger charge is 2.34. The molecule has 1 N–H and O–H groups in total. The molecular weight excluding hydrogens is 464 g/mol. The lowest BCUT2D eigenvalue weighted by Crippen LogP contribution is -2.48. The number of aromatic carboxylic acids is 1. The SMILES string of the molecule is CC1CCC(C(=O)N(C[C@@H](C)C(=O)N2CCOCC2)c2cc(C#CC(C)(C)C)sc2C(=O)O)CC1. The quantitative estimate of drug-likeness (QED) is 0.579. The van der Waals surface area contributed by atoms with E-state index in [0.717, 1.165) is 37.0 Å². The van der Waals surface area contributed by atoms with Gasteiger partial charge in [0, 0.05) is 31.0 Å². The lowest BCUT2D eigenvalue weighted by Gasteiger charge is -2.34. The van der Waals surface area contributed by atoms with E-state index in [-0.39, 0.29) is 34.6 Å². The summed E-state index contributed by atoms with van der Waals surface area (Å²) in [6, 6.07) is 1.71. The summed E-state index contributed by atoms with van der Waals surface area (Å²) in [5.74, 6) is 4.97. The smallest absolute Gasteiger partial charge is 0.348 e. The van der Waals surface area contributed by atoms with Gasteiger partial charge < -0.3 is 19.6 Å². The van der Waals surface area contributed by atoms with E-state index in [1.807, 2.05) is 27.7 Å². The topological polar surface area (TPSA) is 87.2 Å². The number of ether oxygens (including phenoxy) is 1. The van der Waals surface area contributed by atoms with Crippen molar-refractivity contribution in [3.63, 3.8) is 0 Å². The van der Waals surface area contributed by atoms with E-state index in [1.54, 1.807) is 15.9 Å². The molecule has 0 spiro atoms. The minimum absolute atomic E-state index is 0.0387. The highest BCUT2D eigenvalue weighted by atomic mass is 32.1. The molecule has 1 atom stereocenters. The molecule has 2 aliphatic rings. The van der Waals surface area contributed by atoms with Crippen LogP contribution in [0, 0.1) is 35.0 Å². The second kappa shape index (κ2) is 11.6. The van der Waals surface area contributed by atoms with Crippen LogP contribution in [0.3, 0.4) is 0 Å². The average molecular weight is 503 g/mol. The molecule has 1 aromatic heterocycles. The summed E-state index contributed by atoms with van der Waals surface area (Å²) in [7, 11) is 0. The molecule has 192 valence electrons. The summed E-state index contributed by atoms with van der Waals surface area (Å²) < 4.78 is 5.36. The zero-order chi connectivity index (χ0) is 25.8. The lowest BCUT2D eigenvalue weighted by molar-refractivity contribution is -0.138. The number of nitrogens with zero attached hydrogens (tertiary/aromatic N) is 2. The molecule has 35 heavy (non-hydrogen) atoms. The predicted octanol–water partition coefficient (Wildman–Crippen LogP) is 4.50. The highest BCUT2D eigenvalue weighted by molar-refractivity contribution is 7.15. The van der Waals surface area contributed by atoms with Crippen molar-refractivity contribution < 1.29 is 24.2 Å². The number of carbonyl (C=O) groups is 3. The number of rotatable bonds is 6. The summed E-state index contributed by atoms with van der Waals surface area (Å²) in [5.41, 5.74) is 0.118. The first-order chi connectivity index (χ1) is 16.5. The van der Waals surface area contributed by atoms with Crippen molar-refractivity contribution in [3.05, 3.63) is 15.8 Å². The highest BCUT2D eigenvalue weighted by Crippen LogP contribution is 2.35. The molecule has 1 aliphatic heterocycles. The van der Waals surface area contributed by atoms with Crippen molar-refractivity contribution >= 4 is 34.8 Å². The Balaban J connectivity index is 1.94. The number of carbonyl (C=O) groups excluding carboxylic acids is 2. The maximum Gasteiger partial charge on any atom is 0.348 e. The van der Waals surface area contributed by atoms with Crippen molar-refractivity contribution in [2.75, 3.05) is 37.7 Å². The number of anilines is 1. The van der Waals surface area contributed by atoms with Gasteiger partial charge in [0.1, 0.15) is 4.88 Å². The van der Waals surface area contributed by atoms with Crippen LogP contribution in [-0.2, 0) is 14.3 Å². The van der Waals surface area contributed by atoms with Gasteiger partial charge in [0.25, 0.3) is 0 Å². The number of thiophene rings is 1. The molecule has 0 aromatic carbocycles. The maximum atomic E-state index is 13.8. The Kier molecular flexibility index (Phi) is 9.00. The Morgan fingerprint density at radius 1 is 1.20 bits per heavy atom. The van der Waals surface area contributed by atoms with Crippen LogP contribution in [0.5, 0.6) is 0 Å². The van der Waals surface area contributed by atoms with Gasteiger partial charge in [-0.3, -0.25) is 9.59 Å². The molecule has 2 amide bonds. The van der Waals surface area contributed by atoms with E-state index in [4.69, 9.17) is 4.74 Å². The monoisotopic (exact) mass is 502 g/mol. The van der Waals surface area contributed by atoms with Gasteiger partial charge in [0.15, 0.2) is 0 Å². The summed E-state index contributed by atoms with van der Waals surface area (Å²) in [4.78, 5) is 43.1. The van der Waals surface area contributed by atoms with Gasteiger partial charge in [-0.1, -0.05) is 25.7 Å². The predicted molar refractivity (Wildman–Crippen MR) is 138 cm³/mol. The van der Waals surface area contributed by atoms with E-state index in [9.17, 15) is 19.5 Å². The first-order valence-corrected chi connectivity index (χ1v) is 13.4. The second-order valence-electron chi connectivity index (χ2n) is 10.9. The molecule has 7 nitrogen and oxygen atoms in total. The first-order valence-electron chi connectivity index (χ1n) is 12.5. The second-order valence-corrected chi connectivity index (χ2v) is 11.9. The largest absolute Gasteiger partial charge is 0.477 e. The average Bonchev–Trinajstić information content (AvgIpc) is 3.25. The Morgan fingerprint density at radius 2 is 1.83 bits per heavy atom. The third-order valence-corrected chi connectivity index (χ3v) is 7.62. The Morgan fingerprint density at radius 3 is 2.40 bits per heavy atom. The summed E-state index contributed by atoms with van der Waals surface area (Å²) in [6.45, 7) is 12.2. The fourth-order valence-electron chi connectivity index (χ4n) is 4.53. The molecular formula is C27H38N2O5S. The molecule has 1 saturated heterocycles. The number of carboxylic acid groups (broad SMARTS) is 1. The molecule has 1 aromatic rings. The van der Waals surface area contributed by atoms with Gasteiger partial charge in [-0.05, 0) is 58.4 Å². The summed E-state index contributed by atoms with van der Waals surface area (Å²) in [5, 5.41) is 9.97. The zero-order valence-corrected chi connectivity index (χ0v) is 22.4. The van der Waals surface area contributed by atoms with Crippen LogP contribution in [0.2, 0.25) is 0 Å². The fraction of sp³-hybridized carbons (Fsp3) is 0.667. The third-order valence-electron chi connectivity index (χ3n) is 6.59. The van der Waals surface area contributed by atoms with Crippen molar-refractivity contribution in [1.29, 1.82) is 0 Å². The number of amides is 2. The van der Waals surface area contributed by atoms with E-state index >= 15 is 0 Å². The summed E-state index contributed by atoms with van der Waals surface area (Å²) >= 11 is 1.09. The fourth-order valence-corrected chi connectivity index (χ4v) is 5.38. The zero-order valence-electron chi connectivity index (χ0n) is 21.6. The van der Waals surface area contributed by atoms with Crippen LogP contribution >= 0.6 is 11.3 Å². The van der Waals surface area contributed by atoms with Gasteiger partial charge in [-0.25, -0.2) is 4.79 Å². The Labute approximate surface area is 212 Å². The normalized spacial score (nSPS) is 21.6. The van der Waals surface area contributed by atoms with Crippen LogP contribution in [0.1, 0.15) is 74.9 Å². The van der Waals surface area contributed by atoms with Crippen molar-refractivity contribution in [1.82, 2.24) is 4.90 Å². The van der Waals surface area contributed by atoms with Crippen molar-refractivity contribution in [3.8, 4) is 11.8 Å². The lowest BCUT2D eigenvalue weighted by atomic mass is 9.82. The standard InChI is InChI=1S/C27H38N2O5S/c1-18-6-8-20(9-7-18)25(31)29(17-19(2)24(30)28-12-14-34-15-13-28)22-16-21(10-11-27(3,4)5)35-23(22)26(32)33/h16,18-20H,6-9,12-15,17H2,1-5H3,(H,32,33)/t18?,19-,20?/m1/s1. The van der Waals surface area contributed by atoms with Gasteiger partial charge in [0.05, 0.1) is 29.7 Å². The minimum Gasteiger partial charge on any atom is -0.477 e. The first kappa shape index (κ1) is 27.2. The van der Waals surface area contributed by atoms with Crippen LogP contribution in [0.15, 0.2) is 6.07 Å². The molecule has 2 fully saturated rings. The molecule has 8 heteroatoms. The van der Waals surface area contributed by atoms with Crippen molar-refractivity contribution in [2.24, 2.45) is 23.2 Å². The Bertz CT molecular complexity index is 985. The molecule has 0 unspecified atom stereocenters. The van der Waals surface area contributed by atoms with Crippen LogP contribution in [-0.4, -0.2) is 60.6 Å². The van der Waals surface area contributed by atoms with Crippen LogP contribution in [0.25, 0.3) is 0 Å². The molecule has 0 radical (unpaired) electrons. The molecule has 1 aliphatic carbocycles. The van der Waals surface area contributed by atoms with Crippen LogP contribution in [0.4, 0.5) is 5.69 Å². The Hall–Kier alpha value is -2.37. The van der Waals surface area contributed by atoms with E-state index < -0.39 is 11.9 Å². The van der Waals surface area contributed by atoms with Gasteiger partial charge >= 0.3 is 5.97 Å². The molecule has 2 heterocycles. The number of hydrogen-bond donors (Lipinski definition) is 1. The van der Waals surface area contributed by atoms with E-state index in [2.05, 4.69) is 18.8 Å². The van der Waals surface area contributed by atoms with E-state index in [1.165, 1.54) is 0 Å². The van der Waals surface area contributed by atoms with Gasteiger partial charge in [-0.2, -0.15) is 0 Å². The minimum atomic E-state index is -1.09. The number of carboxylic acids is 1. The third kappa shape index (κ3) is 7.31. The molecule has 1 saturated carbocycles. The van der Waals surface area contributed by atoms with E-state index in [0.29, 0.717) is 42.8 Å². The van der Waals surface area contributed by atoms with Gasteiger partial charge in [0.2, 0.25) is 11.8 Å². The van der Waals surface area contributed by atoms with Gasteiger partial charge in [-0.15, -0.1) is 11.3 Å². The molecule has 3 rings (SSSR count). The number of hydrogen-bond acceptors (Lipinski definition) is 5. The van der Waals surface area contributed by atoms with Crippen LogP contribution < -0.4 is 4.90 Å². The maximum absolute atomic E-state index is 13.8. The molecule has 0 bridgehead atoms. The number of morpholine rings is 1.